The number of nitrogens with zero attached hydrogens (tertiary/aromatic N) is 4. The summed E-state index contributed by atoms with van der Waals surface area (Å²) in [6.45, 7) is 0.835. The van der Waals surface area contributed by atoms with Gasteiger partial charge in [0.2, 0.25) is 15.9 Å². The Balaban J connectivity index is 1.29. The van der Waals surface area contributed by atoms with Crippen LogP contribution in [0.5, 0.6) is 0 Å². The average molecular weight is 693 g/mol. The van der Waals surface area contributed by atoms with Crippen molar-refractivity contribution in [2.45, 2.75) is 42.0 Å². The lowest BCUT2D eigenvalue weighted by Crippen LogP contribution is -2.35. The molecule has 1 aromatic heterocycles. The van der Waals surface area contributed by atoms with Crippen LogP contribution in [0.25, 0.3) is 5.69 Å². The Labute approximate surface area is 272 Å². The van der Waals surface area contributed by atoms with Gasteiger partial charge in [-0.1, -0.05) is 48.0 Å². The van der Waals surface area contributed by atoms with E-state index in [2.05, 4.69) is 20.8 Å². The normalized spacial score (nSPS) is 14.2. The number of piperidine rings is 1. The van der Waals surface area contributed by atoms with Crippen molar-refractivity contribution in [2.24, 2.45) is 0 Å². The van der Waals surface area contributed by atoms with Gasteiger partial charge in [0.25, 0.3) is 5.91 Å². The van der Waals surface area contributed by atoms with E-state index in [1.807, 2.05) is 0 Å². The summed E-state index contributed by atoms with van der Waals surface area (Å²) in [7, 11) is -3.65. The van der Waals surface area contributed by atoms with E-state index in [1.54, 1.807) is 28.8 Å². The molecule has 1 fully saturated rings. The van der Waals surface area contributed by atoms with Crippen molar-refractivity contribution in [3.63, 3.8) is 0 Å². The summed E-state index contributed by atoms with van der Waals surface area (Å²) < 4.78 is 69.0. The van der Waals surface area contributed by atoms with E-state index in [-0.39, 0.29) is 39.4 Å². The molecule has 1 aliphatic heterocycles. The highest BCUT2D eigenvalue weighted by Gasteiger charge is 2.33. The molecule has 10 nitrogen and oxygen atoms in total. The second-order valence-corrected chi connectivity index (χ2v) is 13.6. The summed E-state index contributed by atoms with van der Waals surface area (Å²) in [5, 5.41) is 14.0. The van der Waals surface area contributed by atoms with Crippen LogP contribution >= 0.6 is 23.4 Å². The number of hydrogen-bond acceptors (Lipinski definition) is 7. The molecule has 1 aliphatic rings. The zero-order valence-corrected chi connectivity index (χ0v) is 26.5. The minimum absolute atomic E-state index is 0.0993. The third kappa shape index (κ3) is 7.89. The zero-order chi connectivity index (χ0) is 32.9. The molecule has 242 valence electrons. The molecule has 0 atom stereocenters. The first kappa shape index (κ1) is 33.4. The van der Waals surface area contributed by atoms with Crippen LogP contribution in [0.1, 0.15) is 41.0 Å². The fraction of sp³-hybridized carbons (Fsp3) is 0.267. The Hall–Kier alpha value is -3.92. The summed E-state index contributed by atoms with van der Waals surface area (Å²) in [6.07, 6.45) is -2.03. The fourth-order valence-corrected chi connectivity index (χ4v) is 7.30. The van der Waals surface area contributed by atoms with Gasteiger partial charge in [-0.05, 0) is 67.4 Å². The van der Waals surface area contributed by atoms with E-state index in [0.29, 0.717) is 23.8 Å². The number of halogens is 4. The van der Waals surface area contributed by atoms with Crippen molar-refractivity contribution in [1.29, 1.82) is 0 Å². The lowest BCUT2D eigenvalue weighted by atomic mass is 10.1. The molecule has 4 aromatic rings. The Morgan fingerprint density at radius 3 is 2.35 bits per heavy atom. The number of nitrogens with one attached hydrogen (secondary N) is 2. The van der Waals surface area contributed by atoms with Gasteiger partial charge in [-0.15, -0.1) is 10.2 Å². The molecule has 0 radical (unpaired) electrons. The molecular formula is C30H28ClF3N6O4S2. The number of sulfonamides is 1. The zero-order valence-electron chi connectivity index (χ0n) is 24.1. The maximum atomic E-state index is 13.4. The molecule has 0 saturated carbocycles. The fourth-order valence-electron chi connectivity index (χ4n) is 4.83. The molecule has 5 rings (SSSR count). The molecule has 0 spiro atoms. The van der Waals surface area contributed by atoms with Crippen LogP contribution in [0.2, 0.25) is 5.02 Å². The molecule has 0 unspecified atom stereocenters. The van der Waals surface area contributed by atoms with Crippen molar-refractivity contribution >= 4 is 50.9 Å². The highest BCUT2D eigenvalue weighted by Crippen LogP contribution is 2.35. The first-order valence-electron chi connectivity index (χ1n) is 14.1. The minimum atomic E-state index is -4.64. The topological polar surface area (TPSA) is 126 Å². The maximum Gasteiger partial charge on any atom is 0.418 e. The number of hydrogen-bond donors (Lipinski definition) is 2. The van der Waals surface area contributed by atoms with Crippen LogP contribution < -0.4 is 10.6 Å². The number of carbonyl (C=O) groups excluding carboxylic acids is 2. The Kier molecular flexibility index (Phi) is 10.4. The third-order valence-corrected chi connectivity index (χ3v) is 10.2. The number of amides is 2. The molecular weight excluding hydrogens is 665 g/mol. The van der Waals surface area contributed by atoms with E-state index in [1.165, 1.54) is 46.8 Å². The monoisotopic (exact) mass is 692 g/mol. The molecule has 3 aromatic carbocycles. The molecule has 0 aliphatic carbocycles. The van der Waals surface area contributed by atoms with Crippen molar-refractivity contribution < 1.29 is 31.2 Å². The molecule has 1 saturated heterocycles. The number of alkyl halides is 3. The van der Waals surface area contributed by atoms with Gasteiger partial charge >= 0.3 is 6.18 Å². The largest absolute Gasteiger partial charge is 0.418 e. The standard InChI is InChI=1S/C30H28ClF3N6O4S2/c31-21-7-6-8-22(17-21)40-26(37-38-29(40)45-19-27(41)36-25-10-3-2-9-24(25)30(32,33)34)18-35-28(42)20-11-13-23(14-12-20)46(43,44)39-15-4-1-5-16-39/h2-3,6-14,17H,1,4-5,15-16,18-19H2,(H,35,42)(H,36,41). The van der Waals surface area contributed by atoms with Gasteiger partial charge in [-0.3, -0.25) is 14.2 Å². The first-order chi connectivity index (χ1) is 21.9. The quantitative estimate of drug-likeness (QED) is 0.202. The molecule has 16 heteroatoms. The number of para-hydroxylation sites is 1. The third-order valence-electron chi connectivity index (χ3n) is 7.08. The second-order valence-electron chi connectivity index (χ2n) is 10.3. The van der Waals surface area contributed by atoms with E-state index < -0.39 is 33.6 Å². The lowest BCUT2D eigenvalue weighted by Gasteiger charge is -2.25. The van der Waals surface area contributed by atoms with E-state index in [9.17, 15) is 31.2 Å². The predicted molar refractivity (Wildman–Crippen MR) is 167 cm³/mol. The van der Waals surface area contributed by atoms with Crippen molar-refractivity contribution in [2.75, 3.05) is 24.2 Å². The van der Waals surface area contributed by atoms with Gasteiger partial charge < -0.3 is 10.6 Å². The van der Waals surface area contributed by atoms with Crippen LogP contribution in [0, 0.1) is 0 Å². The molecule has 46 heavy (non-hydrogen) atoms. The number of rotatable bonds is 10. The minimum Gasteiger partial charge on any atom is -0.345 e. The molecule has 0 bridgehead atoms. The lowest BCUT2D eigenvalue weighted by molar-refractivity contribution is -0.137. The first-order valence-corrected chi connectivity index (χ1v) is 16.9. The van der Waals surface area contributed by atoms with Gasteiger partial charge in [0.05, 0.1) is 34.1 Å². The Bertz CT molecular complexity index is 1830. The van der Waals surface area contributed by atoms with Gasteiger partial charge in [0.15, 0.2) is 11.0 Å². The van der Waals surface area contributed by atoms with Crippen LogP contribution in [0.3, 0.4) is 0 Å². The summed E-state index contributed by atoms with van der Waals surface area (Å²) in [5.41, 5.74) is -0.569. The number of aromatic nitrogens is 3. The maximum absolute atomic E-state index is 13.4. The SMILES string of the molecule is O=C(CSc1nnc(CNC(=O)c2ccc(S(=O)(=O)N3CCCCC3)cc2)n1-c1cccc(Cl)c1)Nc1ccccc1C(F)(F)F. The number of anilines is 1. The summed E-state index contributed by atoms with van der Waals surface area (Å²) >= 11 is 7.14. The molecule has 2 amide bonds. The van der Waals surface area contributed by atoms with Gasteiger partial charge in [-0.25, -0.2) is 8.42 Å². The number of benzene rings is 3. The van der Waals surface area contributed by atoms with E-state index in [0.717, 1.165) is 37.1 Å². The van der Waals surface area contributed by atoms with Crippen LogP contribution in [0.15, 0.2) is 82.8 Å². The smallest absolute Gasteiger partial charge is 0.345 e. The number of thioether (sulfide) groups is 1. The van der Waals surface area contributed by atoms with Crippen molar-refractivity contribution in [3.8, 4) is 5.69 Å². The van der Waals surface area contributed by atoms with Crippen LogP contribution in [-0.2, 0) is 27.5 Å². The van der Waals surface area contributed by atoms with Gasteiger partial charge in [-0.2, -0.15) is 17.5 Å². The summed E-state index contributed by atoms with van der Waals surface area (Å²) in [6, 6.07) is 17.0. The van der Waals surface area contributed by atoms with Crippen molar-refractivity contribution in [1.82, 2.24) is 24.4 Å². The molecule has 2 N–H and O–H groups in total. The highest BCUT2D eigenvalue weighted by molar-refractivity contribution is 7.99. The Morgan fingerprint density at radius 2 is 1.65 bits per heavy atom. The number of carbonyl (C=O) groups is 2. The van der Waals surface area contributed by atoms with E-state index >= 15 is 0 Å². The van der Waals surface area contributed by atoms with E-state index in [4.69, 9.17) is 11.6 Å². The van der Waals surface area contributed by atoms with Crippen LogP contribution in [0.4, 0.5) is 18.9 Å². The molecule has 2 heterocycles. The Morgan fingerprint density at radius 1 is 0.935 bits per heavy atom. The van der Waals surface area contributed by atoms with Gasteiger partial charge in [0.1, 0.15) is 0 Å². The average Bonchev–Trinajstić information content (AvgIpc) is 3.45. The van der Waals surface area contributed by atoms with Crippen LogP contribution in [-0.4, -0.2) is 58.1 Å². The second kappa shape index (κ2) is 14.2. The predicted octanol–water partition coefficient (Wildman–Crippen LogP) is 5.77. The van der Waals surface area contributed by atoms with Crippen molar-refractivity contribution in [3.05, 3.63) is 94.8 Å². The summed E-state index contributed by atoms with van der Waals surface area (Å²) in [5.74, 6) is -1.18. The van der Waals surface area contributed by atoms with Gasteiger partial charge in [0, 0.05) is 23.7 Å². The highest BCUT2D eigenvalue weighted by atomic mass is 35.5. The summed E-state index contributed by atoms with van der Waals surface area (Å²) in [4.78, 5) is 25.7.